The van der Waals surface area contributed by atoms with E-state index >= 15 is 0 Å². The lowest BCUT2D eigenvalue weighted by atomic mass is 9.96. The standard InChI is InChI=1S/C31H33FN2O3/c1-20-10-13-24(26(32)16-20)30(22-8-6-5-7-9-22)34-28(35)18-21-11-14-27-25(17-21)23(19-33-27)12-15-29(36)37-31(2,3)4/h5-11,13-14,16-17,19,30,33H,12,15,18H2,1-4H3,(H,34,35). The minimum absolute atomic E-state index is 0.142. The summed E-state index contributed by atoms with van der Waals surface area (Å²) < 4.78 is 20.3. The maximum atomic E-state index is 14.9. The van der Waals surface area contributed by atoms with Crippen molar-refractivity contribution < 1.29 is 18.7 Å². The number of halogens is 1. The highest BCUT2D eigenvalue weighted by atomic mass is 19.1. The molecule has 0 aliphatic carbocycles. The molecule has 6 heteroatoms. The number of hydrogen-bond donors (Lipinski definition) is 2. The Hall–Kier alpha value is -3.93. The second-order valence-corrected chi connectivity index (χ2v) is 10.4. The lowest BCUT2D eigenvalue weighted by Gasteiger charge is -2.21. The molecule has 2 N–H and O–H groups in total. The van der Waals surface area contributed by atoms with E-state index < -0.39 is 11.6 Å². The van der Waals surface area contributed by atoms with Gasteiger partial charge in [-0.15, -0.1) is 0 Å². The Morgan fingerprint density at radius 1 is 1.03 bits per heavy atom. The summed E-state index contributed by atoms with van der Waals surface area (Å²) in [6.07, 6.45) is 2.84. The molecule has 1 heterocycles. The van der Waals surface area contributed by atoms with Crippen molar-refractivity contribution in [1.29, 1.82) is 0 Å². The summed E-state index contributed by atoms with van der Waals surface area (Å²) in [5.74, 6) is -0.802. The predicted molar refractivity (Wildman–Crippen MR) is 144 cm³/mol. The van der Waals surface area contributed by atoms with Crippen molar-refractivity contribution in [3.63, 3.8) is 0 Å². The first-order valence-corrected chi connectivity index (χ1v) is 12.5. The van der Waals surface area contributed by atoms with Crippen molar-refractivity contribution >= 4 is 22.8 Å². The molecule has 0 saturated carbocycles. The molecule has 0 bridgehead atoms. The number of carbonyl (C=O) groups excluding carboxylic acids is 2. The third kappa shape index (κ3) is 6.85. The zero-order valence-corrected chi connectivity index (χ0v) is 21.7. The fourth-order valence-electron chi connectivity index (χ4n) is 4.42. The van der Waals surface area contributed by atoms with Gasteiger partial charge in [0.25, 0.3) is 0 Å². The van der Waals surface area contributed by atoms with Crippen LogP contribution in [0.4, 0.5) is 4.39 Å². The summed E-state index contributed by atoms with van der Waals surface area (Å²) in [4.78, 5) is 28.6. The number of aryl methyl sites for hydroxylation is 2. The Labute approximate surface area is 217 Å². The SMILES string of the molecule is Cc1ccc(C(NC(=O)Cc2ccc3[nH]cc(CCC(=O)OC(C)(C)C)c3c2)c2ccccc2)c(F)c1. The van der Waals surface area contributed by atoms with E-state index in [1.54, 1.807) is 6.07 Å². The first-order valence-electron chi connectivity index (χ1n) is 12.5. The maximum Gasteiger partial charge on any atom is 0.306 e. The first-order chi connectivity index (χ1) is 17.6. The zero-order valence-electron chi connectivity index (χ0n) is 21.7. The van der Waals surface area contributed by atoms with Gasteiger partial charge >= 0.3 is 5.97 Å². The number of benzene rings is 3. The van der Waals surface area contributed by atoms with Crippen LogP contribution in [0.15, 0.2) is 72.9 Å². The molecule has 192 valence electrons. The fraction of sp³-hybridized carbons (Fsp3) is 0.290. The maximum absolute atomic E-state index is 14.9. The Morgan fingerprint density at radius 2 is 1.78 bits per heavy atom. The third-order valence-corrected chi connectivity index (χ3v) is 6.12. The van der Waals surface area contributed by atoms with Crippen molar-refractivity contribution in [3.05, 3.63) is 107 Å². The molecular formula is C31H33FN2O3. The lowest BCUT2D eigenvalue weighted by Crippen LogP contribution is -2.31. The van der Waals surface area contributed by atoms with Gasteiger partial charge in [-0.1, -0.05) is 48.5 Å². The second-order valence-electron chi connectivity index (χ2n) is 10.4. The van der Waals surface area contributed by atoms with Gasteiger partial charge in [-0.2, -0.15) is 0 Å². The van der Waals surface area contributed by atoms with Crippen LogP contribution < -0.4 is 5.32 Å². The van der Waals surface area contributed by atoms with Crippen LogP contribution in [0.2, 0.25) is 0 Å². The summed E-state index contributed by atoms with van der Waals surface area (Å²) in [5, 5.41) is 4.00. The third-order valence-electron chi connectivity index (χ3n) is 6.12. The quantitative estimate of drug-likeness (QED) is 0.278. The molecule has 0 fully saturated rings. The van der Waals surface area contributed by atoms with E-state index in [-0.39, 0.29) is 30.5 Å². The van der Waals surface area contributed by atoms with E-state index in [1.165, 1.54) is 6.07 Å². The smallest absolute Gasteiger partial charge is 0.306 e. The first kappa shape index (κ1) is 26.1. The van der Waals surface area contributed by atoms with Gasteiger partial charge in [0.15, 0.2) is 0 Å². The Morgan fingerprint density at radius 3 is 2.49 bits per heavy atom. The summed E-state index contributed by atoms with van der Waals surface area (Å²) >= 11 is 0. The van der Waals surface area contributed by atoms with Gasteiger partial charge in [-0.25, -0.2) is 4.39 Å². The summed E-state index contributed by atoms with van der Waals surface area (Å²) in [5.41, 5.74) is 4.30. The van der Waals surface area contributed by atoms with Gasteiger partial charge < -0.3 is 15.0 Å². The molecule has 5 nitrogen and oxygen atoms in total. The van der Waals surface area contributed by atoms with Crippen molar-refractivity contribution in [2.75, 3.05) is 0 Å². The number of rotatable bonds is 8. The zero-order chi connectivity index (χ0) is 26.6. The molecule has 1 aromatic heterocycles. The highest BCUT2D eigenvalue weighted by molar-refractivity contribution is 5.86. The minimum atomic E-state index is -0.602. The van der Waals surface area contributed by atoms with E-state index in [9.17, 15) is 14.0 Å². The molecule has 0 aliphatic rings. The number of amides is 1. The molecule has 0 spiro atoms. The topological polar surface area (TPSA) is 71.2 Å². The molecular weight excluding hydrogens is 467 g/mol. The fourth-order valence-corrected chi connectivity index (χ4v) is 4.42. The Balaban J connectivity index is 1.50. The lowest BCUT2D eigenvalue weighted by molar-refractivity contribution is -0.154. The number of H-pyrrole nitrogens is 1. The Bertz CT molecular complexity index is 1400. The molecule has 0 aliphatic heterocycles. The summed E-state index contributed by atoms with van der Waals surface area (Å²) in [6, 6.07) is 19.7. The van der Waals surface area contributed by atoms with Crippen LogP contribution in [0.5, 0.6) is 0 Å². The van der Waals surface area contributed by atoms with Crippen molar-refractivity contribution in [3.8, 4) is 0 Å². The van der Waals surface area contributed by atoms with Gasteiger partial charge in [0.1, 0.15) is 11.4 Å². The molecule has 4 aromatic rings. The van der Waals surface area contributed by atoms with Crippen molar-refractivity contribution in [2.45, 2.75) is 58.6 Å². The number of carbonyl (C=O) groups is 2. The van der Waals surface area contributed by atoms with Gasteiger partial charge in [0.2, 0.25) is 5.91 Å². The van der Waals surface area contributed by atoms with Gasteiger partial charge in [-0.05, 0) is 74.6 Å². The number of esters is 1. The molecule has 3 aromatic carbocycles. The van der Waals surface area contributed by atoms with Crippen LogP contribution in [0, 0.1) is 12.7 Å². The number of nitrogens with one attached hydrogen (secondary N) is 2. The predicted octanol–water partition coefficient (Wildman–Crippen LogP) is 6.34. The number of aromatic nitrogens is 1. The van der Waals surface area contributed by atoms with E-state index in [0.717, 1.165) is 33.2 Å². The number of aromatic amines is 1. The van der Waals surface area contributed by atoms with Crippen LogP contribution in [0.25, 0.3) is 10.9 Å². The molecule has 4 rings (SSSR count). The van der Waals surface area contributed by atoms with Gasteiger partial charge in [0.05, 0.1) is 12.5 Å². The summed E-state index contributed by atoms with van der Waals surface area (Å²) in [7, 11) is 0. The van der Waals surface area contributed by atoms with Crippen LogP contribution in [-0.2, 0) is 27.2 Å². The summed E-state index contributed by atoms with van der Waals surface area (Å²) in [6.45, 7) is 7.39. The average Bonchev–Trinajstić information content (AvgIpc) is 3.23. The molecule has 1 unspecified atom stereocenters. The van der Waals surface area contributed by atoms with Crippen LogP contribution in [0.1, 0.15) is 61.1 Å². The number of fused-ring (bicyclic) bond motifs is 1. The second kappa shape index (κ2) is 11.0. The largest absolute Gasteiger partial charge is 0.460 e. The van der Waals surface area contributed by atoms with E-state index in [0.29, 0.717) is 12.0 Å². The van der Waals surface area contributed by atoms with E-state index in [4.69, 9.17) is 4.74 Å². The normalized spacial score (nSPS) is 12.4. The monoisotopic (exact) mass is 500 g/mol. The highest BCUT2D eigenvalue weighted by Crippen LogP contribution is 2.26. The number of ether oxygens (including phenoxy) is 1. The van der Waals surface area contributed by atoms with Gasteiger partial charge in [-0.3, -0.25) is 9.59 Å². The molecule has 0 saturated heterocycles. The van der Waals surface area contributed by atoms with E-state index in [2.05, 4.69) is 10.3 Å². The van der Waals surface area contributed by atoms with Crippen LogP contribution in [0.3, 0.4) is 0 Å². The van der Waals surface area contributed by atoms with Crippen LogP contribution in [-0.4, -0.2) is 22.5 Å². The van der Waals surface area contributed by atoms with Crippen LogP contribution >= 0.6 is 0 Å². The van der Waals surface area contributed by atoms with Crippen molar-refractivity contribution in [2.24, 2.45) is 0 Å². The minimum Gasteiger partial charge on any atom is -0.460 e. The van der Waals surface area contributed by atoms with Gasteiger partial charge in [0, 0.05) is 29.1 Å². The van der Waals surface area contributed by atoms with Crippen molar-refractivity contribution in [1.82, 2.24) is 10.3 Å². The molecule has 1 atom stereocenters. The van der Waals surface area contributed by atoms with E-state index in [1.807, 2.05) is 88.5 Å². The number of hydrogen-bond acceptors (Lipinski definition) is 3. The average molecular weight is 501 g/mol. The Kier molecular flexibility index (Phi) is 7.77. The molecule has 37 heavy (non-hydrogen) atoms. The highest BCUT2D eigenvalue weighted by Gasteiger charge is 2.21. The molecule has 1 amide bonds. The molecule has 0 radical (unpaired) electrons.